The molecule has 0 radical (unpaired) electrons. The second-order valence-corrected chi connectivity index (χ2v) is 6.86. The first-order chi connectivity index (χ1) is 11.6. The van der Waals surface area contributed by atoms with Crippen LogP contribution in [0.5, 0.6) is 11.5 Å². The predicted octanol–water partition coefficient (Wildman–Crippen LogP) is 4.42. The van der Waals surface area contributed by atoms with Gasteiger partial charge in [-0.25, -0.2) is 5.10 Å². The molecule has 0 aliphatic heterocycles. The smallest absolute Gasteiger partial charge is 0.216 e. The Hall–Kier alpha value is -1.97. The zero-order valence-electron chi connectivity index (χ0n) is 12.6. The quantitative estimate of drug-likeness (QED) is 0.469. The average Bonchev–Trinajstić information content (AvgIpc) is 3.20. The molecular formula is C15H13BrN4O2S2. The molecule has 0 saturated carbocycles. The molecule has 0 atom stereocenters. The maximum Gasteiger partial charge on any atom is 0.216 e. The van der Waals surface area contributed by atoms with E-state index in [1.165, 1.54) is 0 Å². The van der Waals surface area contributed by atoms with Crippen LogP contribution in [0.15, 0.2) is 39.2 Å². The molecule has 0 amide bonds. The SMILES string of the molecule is CCOc1cc(/C=N\n2c(-c3cccs3)n[nH]c2=S)cc(Br)c1O. The van der Waals surface area contributed by atoms with Crippen molar-refractivity contribution in [3.05, 3.63) is 44.5 Å². The molecule has 2 heterocycles. The molecule has 2 aromatic heterocycles. The number of hydrogen-bond acceptors (Lipinski definition) is 6. The summed E-state index contributed by atoms with van der Waals surface area (Å²) in [6.45, 7) is 2.31. The van der Waals surface area contributed by atoms with Gasteiger partial charge in [-0.15, -0.1) is 11.3 Å². The van der Waals surface area contributed by atoms with Crippen molar-refractivity contribution in [2.24, 2.45) is 5.10 Å². The van der Waals surface area contributed by atoms with E-state index in [4.69, 9.17) is 17.0 Å². The van der Waals surface area contributed by atoms with Crippen LogP contribution in [0, 0.1) is 4.77 Å². The van der Waals surface area contributed by atoms with Crippen LogP contribution in [0.3, 0.4) is 0 Å². The number of aromatic amines is 1. The summed E-state index contributed by atoms with van der Waals surface area (Å²) in [5.74, 6) is 1.10. The van der Waals surface area contributed by atoms with Gasteiger partial charge in [-0.3, -0.25) is 0 Å². The number of aromatic nitrogens is 3. The summed E-state index contributed by atoms with van der Waals surface area (Å²) in [7, 11) is 0. The molecule has 3 aromatic rings. The minimum atomic E-state index is 0.0631. The van der Waals surface area contributed by atoms with Gasteiger partial charge in [0.15, 0.2) is 17.3 Å². The molecule has 0 aliphatic rings. The third kappa shape index (κ3) is 3.42. The Morgan fingerprint density at radius 1 is 1.54 bits per heavy atom. The lowest BCUT2D eigenvalue weighted by Gasteiger charge is -2.08. The standard InChI is InChI=1S/C15H13BrN4O2S2/c1-2-22-11-7-9(6-10(16)13(11)21)8-17-20-14(18-19-15(20)23)12-4-3-5-24-12/h3-8,21H,2H2,1H3,(H,19,23)/b17-8-. The van der Waals surface area contributed by atoms with E-state index in [0.717, 1.165) is 10.4 Å². The molecule has 2 N–H and O–H groups in total. The van der Waals surface area contributed by atoms with Crippen molar-refractivity contribution in [3.63, 3.8) is 0 Å². The third-order valence-corrected chi connectivity index (χ3v) is 4.80. The number of hydrogen-bond donors (Lipinski definition) is 2. The van der Waals surface area contributed by atoms with Crippen molar-refractivity contribution in [1.29, 1.82) is 0 Å². The van der Waals surface area contributed by atoms with Gasteiger partial charge in [0.25, 0.3) is 0 Å². The molecule has 0 saturated heterocycles. The molecule has 24 heavy (non-hydrogen) atoms. The fraction of sp³-hybridized carbons (Fsp3) is 0.133. The number of halogens is 1. The van der Waals surface area contributed by atoms with Crippen molar-refractivity contribution >= 4 is 45.7 Å². The van der Waals surface area contributed by atoms with Crippen LogP contribution >= 0.6 is 39.5 Å². The Morgan fingerprint density at radius 2 is 2.38 bits per heavy atom. The van der Waals surface area contributed by atoms with Crippen molar-refractivity contribution < 1.29 is 9.84 Å². The van der Waals surface area contributed by atoms with Gasteiger partial charge in [0.1, 0.15) is 0 Å². The lowest BCUT2D eigenvalue weighted by atomic mass is 10.2. The summed E-state index contributed by atoms with van der Waals surface area (Å²) in [5.41, 5.74) is 0.753. The Morgan fingerprint density at radius 3 is 3.08 bits per heavy atom. The van der Waals surface area contributed by atoms with E-state index in [0.29, 0.717) is 27.4 Å². The highest BCUT2D eigenvalue weighted by atomic mass is 79.9. The molecule has 0 bridgehead atoms. The van der Waals surface area contributed by atoms with Crippen molar-refractivity contribution in [1.82, 2.24) is 14.9 Å². The van der Waals surface area contributed by atoms with Crippen LogP contribution in [-0.4, -0.2) is 32.8 Å². The van der Waals surface area contributed by atoms with Gasteiger partial charge in [0.05, 0.1) is 22.2 Å². The summed E-state index contributed by atoms with van der Waals surface area (Å²) in [5, 5.41) is 23.3. The average molecular weight is 425 g/mol. The van der Waals surface area contributed by atoms with Gasteiger partial charge >= 0.3 is 0 Å². The topological polar surface area (TPSA) is 75.4 Å². The number of aromatic hydroxyl groups is 1. The fourth-order valence-electron chi connectivity index (χ4n) is 2.02. The number of ether oxygens (including phenoxy) is 1. The second-order valence-electron chi connectivity index (χ2n) is 4.67. The van der Waals surface area contributed by atoms with E-state index in [2.05, 4.69) is 31.2 Å². The number of benzene rings is 1. The number of phenols is 1. The minimum absolute atomic E-state index is 0.0631. The number of phenolic OH excluding ortho intramolecular Hbond substituents is 1. The molecule has 0 fully saturated rings. The first-order valence-electron chi connectivity index (χ1n) is 7.01. The molecule has 124 valence electrons. The Bertz CT molecular complexity index is 932. The van der Waals surface area contributed by atoms with E-state index in [9.17, 15) is 5.11 Å². The van der Waals surface area contributed by atoms with Gasteiger partial charge in [0.2, 0.25) is 4.77 Å². The Balaban J connectivity index is 1.98. The maximum absolute atomic E-state index is 9.97. The second kappa shape index (κ2) is 7.29. The summed E-state index contributed by atoms with van der Waals surface area (Å²) in [6, 6.07) is 7.35. The van der Waals surface area contributed by atoms with Crippen LogP contribution in [0.1, 0.15) is 12.5 Å². The van der Waals surface area contributed by atoms with Gasteiger partial charge in [-0.1, -0.05) is 6.07 Å². The number of H-pyrrole nitrogens is 1. The summed E-state index contributed by atoms with van der Waals surface area (Å²) in [6.07, 6.45) is 1.63. The highest BCUT2D eigenvalue weighted by molar-refractivity contribution is 9.10. The molecule has 6 nitrogen and oxygen atoms in total. The van der Waals surface area contributed by atoms with Crippen LogP contribution in [-0.2, 0) is 0 Å². The normalized spacial score (nSPS) is 11.2. The van der Waals surface area contributed by atoms with E-state index < -0.39 is 0 Å². The number of nitrogens with one attached hydrogen (secondary N) is 1. The zero-order valence-corrected chi connectivity index (χ0v) is 15.8. The van der Waals surface area contributed by atoms with Crippen LogP contribution in [0.25, 0.3) is 10.7 Å². The highest BCUT2D eigenvalue weighted by Gasteiger charge is 2.10. The lowest BCUT2D eigenvalue weighted by molar-refractivity contribution is 0.317. The number of rotatable bonds is 5. The van der Waals surface area contributed by atoms with Gasteiger partial charge in [-0.2, -0.15) is 14.9 Å². The zero-order chi connectivity index (χ0) is 17.1. The molecule has 3 rings (SSSR count). The van der Waals surface area contributed by atoms with E-state index in [1.807, 2.05) is 24.4 Å². The fourth-order valence-corrected chi connectivity index (χ4v) is 3.36. The molecule has 1 aromatic carbocycles. The van der Waals surface area contributed by atoms with Gasteiger partial charge in [-0.05, 0) is 64.2 Å². The monoisotopic (exact) mass is 424 g/mol. The lowest BCUT2D eigenvalue weighted by Crippen LogP contribution is -1.96. The third-order valence-electron chi connectivity index (χ3n) is 3.06. The minimum Gasteiger partial charge on any atom is -0.503 e. The maximum atomic E-state index is 9.97. The van der Waals surface area contributed by atoms with Crippen molar-refractivity contribution in [3.8, 4) is 22.2 Å². The molecule has 0 spiro atoms. The summed E-state index contributed by atoms with van der Waals surface area (Å²) in [4.78, 5) is 0.960. The molecule has 9 heteroatoms. The molecule has 0 unspecified atom stereocenters. The summed E-state index contributed by atoms with van der Waals surface area (Å²) < 4.78 is 7.91. The highest BCUT2D eigenvalue weighted by Crippen LogP contribution is 2.35. The van der Waals surface area contributed by atoms with Gasteiger partial charge < -0.3 is 9.84 Å². The Kier molecular flexibility index (Phi) is 5.12. The largest absolute Gasteiger partial charge is 0.503 e. The summed E-state index contributed by atoms with van der Waals surface area (Å²) >= 11 is 10.1. The molecular weight excluding hydrogens is 412 g/mol. The van der Waals surface area contributed by atoms with E-state index in [1.54, 1.807) is 34.4 Å². The van der Waals surface area contributed by atoms with Crippen LogP contribution in [0.4, 0.5) is 0 Å². The van der Waals surface area contributed by atoms with Crippen molar-refractivity contribution in [2.45, 2.75) is 6.92 Å². The van der Waals surface area contributed by atoms with Crippen molar-refractivity contribution in [2.75, 3.05) is 6.61 Å². The Labute approximate surface area is 155 Å². The van der Waals surface area contributed by atoms with Gasteiger partial charge in [0, 0.05) is 0 Å². The molecule has 0 aliphatic carbocycles. The number of thiophene rings is 1. The number of nitrogens with zero attached hydrogens (tertiary/aromatic N) is 3. The predicted molar refractivity (Wildman–Crippen MR) is 101 cm³/mol. The van der Waals surface area contributed by atoms with Crippen LogP contribution in [0.2, 0.25) is 0 Å². The first-order valence-corrected chi connectivity index (χ1v) is 9.09. The first kappa shape index (κ1) is 16.9. The van der Waals surface area contributed by atoms with E-state index >= 15 is 0 Å². The van der Waals surface area contributed by atoms with E-state index in [-0.39, 0.29) is 5.75 Å². The van der Waals surface area contributed by atoms with Crippen LogP contribution < -0.4 is 4.74 Å².